The van der Waals surface area contributed by atoms with Crippen molar-refractivity contribution >= 4 is 11.1 Å². The second kappa shape index (κ2) is 6.50. The molecular weight excluding hydrogens is 334 g/mol. The Morgan fingerprint density at radius 2 is 1.37 bits per heavy atom. The van der Waals surface area contributed by atoms with Crippen molar-refractivity contribution in [1.29, 1.82) is 0 Å². The highest BCUT2D eigenvalue weighted by molar-refractivity contribution is 5.81. The summed E-state index contributed by atoms with van der Waals surface area (Å²) in [7, 11) is 0. The SMILES string of the molecule is c1cncc(-c2cc(-c3ccncc3)cc(-c3nc4ccccc4o3)c2)c1. The van der Waals surface area contributed by atoms with Gasteiger partial charge >= 0.3 is 0 Å². The molecule has 0 aliphatic rings. The topological polar surface area (TPSA) is 51.8 Å². The number of hydrogen-bond acceptors (Lipinski definition) is 4. The molecule has 0 spiro atoms. The molecule has 3 heterocycles. The largest absolute Gasteiger partial charge is 0.436 e. The molecule has 0 saturated heterocycles. The quantitative estimate of drug-likeness (QED) is 0.424. The lowest BCUT2D eigenvalue weighted by molar-refractivity contribution is 0.620. The van der Waals surface area contributed by atoms with Crippen LogP contribution in [0.2, 0.25) is 0 Å². The molecule has 0 aliphatic heterocycles. The highest BCUT2D eigenvalue weighted by Gasteiger charge is 2.12. The molecule has 3 aromatic heterocycles. The Morgan fingerprint density at radius 1 is 0.593 bits per heavy atom. The maximum atomic E-state index is 6.00. The predicted molar refractivity (Wildman–Crippen MR) is 106 cm³/mol. The molecule has 128 valence electrons. The molecule has 0 aliphatic carbocycles. The van der Waals surface area contributed by atoms with Gasteiger partial charge in [-0.25, -0.2) is 4.98 Å². The van der Waals surface area contributed by atoms with Crippen molar-refractivity contribution < 1.29 is 4.42 Å². The number of nitrogens with zero attached hydrogens (tertiary/aromatic N) is 3. The number of aromatic nitrogens is 3. The molecule has 0 radical (unpaired) electrons. The molecule has 0 unspecified atom stereocenters. The predicted octanol–water partition coefficient (Wildman–Crippen LogP) is 5.62. The van der Waals surface area contributed by atoms with E-state index in [2.05, 4.69) is 39.2 Å². The van der Waals surface area contributed by atoms with Crippen LogP contribution in [-0.4, -0.2) is 15.0 Å². The molecule has 0 amide bonds. The van der Waals surface area contributed by atoms with Crippen LogP contribution in [0.1, 0.15) is 0 Å². The van der Waals surface area contributed by atoms with E-state index >= 15 is 0 Å². The summed E-state index contributed by atoms with van der Waals surface area (Å²) in [5.41, 5.74) is 6.85. The smallest absolute Gasteiger partial charge is 0.227 e. The first kappa shape index (κ1) is 15.5. The lowest BCUT2D eigenvalue weighted by Gasteiger charge is -2.08. The monoisotopic (exact) mass is 349 g/mol. The van der Waals surface area contributed by atoms with Gasteiger partial charge < -0.3 is 4.42 Å². The van der Waals surface area contributed by atoms with Gasteiger partial charge in [-0.05, 0) is 65.2 Å². The van der Waals surface area contributed by atoms with Crippen molar-refractivity contribution in [3.8, 4) is 33.7 Å². The highest BCUT2D eigenvalue weighted by Crippen LogP contribution is 2.33. The zero-order valence-corrected chi connectivity index (χ0v) is 14.4. The summed E-state index contributed by atoms with van der Waals surface area (Å²) in [6, 6.07) is 22.1. The van der Waals surface area contributed by atoms with Gasteiger partial charge in [0.1, 0.15) is 5.52 Å². The molecule has 0 saturated carbocycles. The van der Waals surface area contributed by atoms with E-state index in [-0.39, 0.29) is 0 Å². The maximum absolute atomic E-state index is 6.00. The number of rotatable bonds is 3. The third-order valence-corrected chi connectivity index (χ3v) is 4.48. The second-order valence-electron chi connectivity index (χ2n) is 6.26. The second-order valence-corrected chi connectivity index (χ2v) is 6.26. The average molecular weight is 349 g/mol. The molecule has 0 fully saturated rings. The van der Waals surface area contributed by atoms with Gasteiger partial charge in [-0.1, -0.05) is 18.2 Å². The van der Waals surface area contributed by atoms with Crippen molar-refractivity contribution in [2.24, 2.45) is 0 Å². The average Bonchev–Trinajstić information content (AvgIpc) is 3.19. The van der Waals surface area contributed by atoms with E-state index in [1.165, 1.54) is 0 Å². The molecule has 0 N–H and O–H groups in total. The zero-order chi connectivity index (χ0) is 18.1. The van der Waals surface area contributed by atoms with Crippen LogP contribution in [0.3, 0.4) is 0 Å². The molecule has 2 aromatic carbocycles. The van der Waals surface area contributed by atoms with Gasteiger partial charge in [0.25, 0.3) is 0 Å². The Morgan fingerprint density at radius 3 is 2.15 bits per heavy atom. The summed E-state index contributed by atoms with van der Waals surface area (Å²) < 4.78 is 6.00. The first-order valence-corrected chi connectivity index (χ1v) is 8.69. The van der Waals surface area contributed by atoms with Gasteiger partial charge in [-0.15, -0.1) is 0 Å². The fraction of sp³-hybridized carbons (Fsp3) is 0. The third-order valence-electron chi connectivity index (χ3n) is 4.48. The summed E-state index contributed by atoms with van der Waals surface area (Å²) in [5.74, 6) is 0.609. The van der Waals surface area contributed by atoms with Crippen LogP contribution >= 0.6 is 0 Å². The van der Waals surface area contributed by atoms with Crippen molar-refractivity contribution in [2.75, 3.05) is 0 Å². The molecule has 5 rings (SSSR count). The molecule has 4 heteroatoms. The minimum Gasteiger partial charge on any atom is -0.436 e. The Hall–Kier alpha value is -3.79. The lowest BCUT2D eigenvalue weighted by Crippen LogP contribution is -1.87. The van der Waals surface area contributed by atoms with Gasteiger partial charge in [0.05, 0.1) is 0 Å². The van der Waals surface area contributed by atoms with Gasteiger partial charge in [-0.3, -0.25) is 9.97 Å². The van der Waals surface area contributed by atoms with Gasteiger partial charge in [0.15, 0.2) is 5.58 Å². The van der Waals surface area contributed by atoms with Gasteiger partial charge in [-0.2, -0.15) is 0 Å². The number of hydrogen-bond donors (Lipinski definition) is 0. The van der Waals surface area contributed by atoms with E-state index in [0.29, 0.717) is 5.89 Å². The molecule has 0 bridgehead atoms. The van der Waals surface area contributed by atoms with E-state index in [4.69, 9.17) is 4.42 Å². The van der Waals surface area contributed by atoms with E-state index < -0.39 is 0 Å². The first-order chi connectivity index (χ1) is 13.4. The summed E-state index contributed by atoms with van der Waals surface area (Å²) in [6.07, 6.45) is 7.23. The number of benzene rings is 2. The fourth-order valence-corrected chi connectivity index (χ4v) is 3.16. The van der Waals surface area contributed by atoms with Crippen LogP contribution < -0.4 is 0 Å². The van der Waals surface area contributed by atoms with Gasteiger partial charge in [0, 0.05) is 35.9 Å². The Bertz CT molecular complexity index is 1120. The van der Waals surface area contributed by atoms with E-state index in [9.17, 15) is 0 Å². The number of para-hydroxylation sites is 2. The van der Waals surface area contributed by atoms with Crippen LogP contribution in [0.4, 0.5) is 0 Å². The van der Waals surface area contributed by atoms with Crippen molar-refractivity contribution in [3.63, 3.8) is 0 Å². The summed E-state index contributed by atoms with van der Waals surface area (Å²) >= 11 is 0. The van der Waals surface area contributed by atoms with Crippen LogP contribution in [-0.2, 0) is 0 Å². The Kier molecular flexibility index (Phi) is 3.72. The molecular formula is C23H15N3O. The van der Waals surface area contributed by atoms with Crippen molar-refractivity contribution in [1.82, 2.24) is 15.0 Å². The highest BCUT2D eigenvalue weighted by atomic mass is 16.3. The van der Waals surface area contributed by atoms with Crippen LogP contribution in [0.25, 0.3) is 44.8 Å². The number of oxazole rings is 1. The zero-order valence-electron chi connectivity index (χ0n) is 14.4. The van der Waals surface area contributed by atoms with Crippen LogP contribution in [0, 0.1) is 0 Å². The fourth-order valence-electron chi connectivity index (χ4n) is 3.16. The Labute approximate surface area is 156 Å². The standard InChI is InChI=1S/C23H15N3O/c1-2-6-22-21(5-1)26-23(27-22)20-13-18(16-7-10-24-11-8-16)12-19(14-20)17-4-3-9-25-15-17/h1-15H. The van der Waals surface area contributed by atoms with E-state index in [1.807, 2.05) is 48.7 Å². The third kappa shape index (κ3) is 2.98. The molecule has 4 nitrogen and oxygen atoms in total. The van der Waals surface area contributed by atoms with Crippen molar-refractivity contribution in [2.45, 2.75) is 0 Å². The van der Waals surface area contributed by atoms with Crippen molar-refractivity contribution in [3.05, 3.63) is 91.5 Å². The normalized spacial score (nSPS) is 11.0. The summed E-state index contributed by atoms with van der Waals surface area (Å²) in [4.78, 5) is 13.0. The maximum Gasteiger partial charge on any atom is 0.227 e. The summed E-state index contributed by atoms with van der Waals surface area (Å²) in [5, 5.41) is 0. The minimum absolute atomic E-state index is 0.609. The van der Waals surface area contributed by atoms with E-state index in [1.54, 1.807) is 18.6 Å². The number of fused-ring (bicyclic) bond motifs is 1. The van der Waals surface area contributed by atoms with E-state index in [0.717, 1.165) is 38.9 Å². The molecule has 5 aromatic rings. The first-order valence-electron chi connectivity index (χ1n) is 8.69. The summed E-state index contributed by atoms with van der Waals surface area (Å²) in [6.45, 7) is 0. The molecule has 0 atom stereocenters. The van der Waals surface area contributed by atoms with Crippen LogP contribution in [0.15, 0.2) is 95.9 Å². The Balaban J connectivity index is 1.72. The minimum atomic E-state index is 0.609. The number of pyridine rings is 2. The van der Waals surface area contributed by atoms with Gasteiger partial charge in [0.2, 0.25) is 5.89 Å². The molecule has 27 heavy (non-hydrogen) atoms. The van der Waals surface area contributed by atoms with Crippen LogP contribution in [0.5, 0.6) is 0 Å². The lowest BCUT2D eigenvalue weighted by atomic mass is 9.97.